The average Bonchev–Trinajstić information content (AvgIpc) is 2.70. The number of hydrogen-bond donors (Lipinski definition) is 5. The van der Waals surface area contributed by atoms with E-state index in [1.54, 1.807) is 0 Å². The highest BCUT2D eigenvalue weighted by Crippen LogP contribution is 2.09. The quantitative estimate of drug-likeness (QED) is 0.413. The van der Waals surface area contributed by atoms with Crippen LogP contribution in [0.5, 0.6) is 0 Å². The fourth-order valence-electron chi connectivity index (χ4n) is 2.54. The number of anilines is 1. The Morgan fingerprint density at radius 2 is 1.23 bits per heavy atom. The molecule has 11 heteroatoms. The molecule has 1 heterocycles. The van der Waals surface area contributed by atoms with Crippen LogP contribution in [0.25, 0.3) is 0 Å². The van der Waals surface area contributed by atoms with Gasteiger partial charge in [0.2, 0.25) is 0 Å². The summed E-state index contributed by atoms with van der Waals surface area (Å²) in [5.41, 5.74) is 1.22. The molecule has 1 aliphatic heterocycles. The Labute approximate surface area is 174 Å². The zero-order chi connectivity index (χ0) is 23.1. The number of likely N-dealkylation sites (N-methyl/N-ethyl adjacent to an activating group) is 1. The van der Waals surface area contributed by atoms with E-state index >= 15 is 0 Å². The highest BCUT2D eigenvalue weighted by Gasteiger charge is 2.17. The highest BCUT2D eigenvalue weighted by molar-refractivity contribution is 6.27. The number of carboxylic acids is 4. The van der Waals surface area contributed by atoms with Gasteiger partial charge in [0, 0.05) is 44.5 Å². The molecule has 0 amide bonds. The SMILES string of the molecule is CCN1CCN(CC(C)Nc2ccccc2)CC1.O=C(O)C(=O)O.O=C(O)C(=O)O. The summed E-state index contributed by atoms with van der Waals surface area (Å²) in [5.74, 6) is -7.30. The van der Waals surface area contributed by atoms with Gasteiger partial charge >= 0.3 is 23.9 Å². The first-order chi connectivity index (χ1) is 14.1. The van der Waals surface area contributed by atoms with E-state index in [-0.39, 0.29) is 0 Å². The third-order valence-corrected chi connectivity index (χ3v) is 4.00. The summed E-state index contributed by atoms with van der Waals surface area (Å²) < 4.78 is 0. The van der Waals surface area contributed by atoms with Crippen molar-refractivity contribution in [2.45, 2.75) is 19.9 Å². The van der Waals surface area contributed by atoms with Crippen LogP contribution in [0.4, 0.5) is 5.69 Å². The molecule has 5 N–H and O–H groups in total. The van der Waals surface area contributed by atoms with Crippen molar-refractivity contribution in [2.24, 2.45) is 0 Å². The monoisotopic (exact) mass is 427 g/mol. The lowest BCUT2D eigenvalue weighted by atomic mass is 10.2. The van der Waals surface area contributed by atoms with Crippen molar-refractivity contribution in [3.8, 4) is 0 Å². The van der Waals surface area contributed by atoms with Crippen molar-refractivity contribution in [2.75, 3.05) is 44.6 Å². The topological polar surface area (TPSA) is 168 Å². The van der Waals surface area contributed by atoms with Gasteiger partial charge in [-0.05, 0) is 25.6 Å². The van der Waals surface area contributed by atoms with E-state index in [2.05, 4.69) is 59.3 Å². The van der Waals surface area contributed by atoms with Crippen LogP contribution < -0.4 is 5.32 Å². The standard InChI is InChI=1S/C15H25N3.2C2H2O4/c1-3-17-9-11-18(12-10-17)13-14(2)16-15-7-5-4-6-8-15;2*3-1(4)2(5)6/h4-8,14,16H,3,9-13H2,1-2H3;2*(H,3,4)(H,5,6). The van der Waals surface area contributed by atoms with Crippen LogP contribution in [0.2, 0.25) is 0 Å². The number of piperazine rings is 1. The fraction of sp³-hybridized carbons (Fsp3) is 0.474. The molecule has 1 saturated heterocycles. The van der Waals surface area contributed by atoms with Gasteiger partial charge in [-0.25, -0.2) is 19.2 Å². The van der Waals surface area contributed by atoms with Crippen molar-refractivity contribution in [1.82, 2.24) is 9.80 Å². The molecule has 0 spiro atoms. The molecule has 1 aromatic rings. The molecule has 0 radical (unpaired) electrons. The van der Waals surface area contributed by atoms with Crippen LogP contribution in [-0.2, 0) is 19.2 Å². The number of para-hydroxylation sites is 1. The van der Waals surface area contributed by atoms with Gasteiger partial charge in [0.05, 0.1) is 0 Å². The predicted octanol–water partition coefficient (Wildman–Crippen LogP) is 0.436. The van der Waals surface area contributed by atoms with Crippen molar-refractivity contribution in [3.05, 3.63) is 30.3 Å². The second-order valence-electron chi connectivity index (χ2n) is 6.37. The first-order valence-corrected chi connectivity index (χ1v) is 9.25. The molecule has 2 rings (SSSR count). The van der Waals surface area contributed by atoms with E-state index < -0.39 is 23.9 Å². The molecule has 30 heavy (non-hydrogen) atoms. The number of nitrogens with one attached hydrogen (secondary N) is 1. The maximum absolute atomic E-state index is 9.10. The Hall–Kier alpha value is -3.18. The minimum atomic E-state index is -1.82. The van der Waals surface area contributed by atoms with Crippen LogP contribution in [-0.4, -0.2) is 99.4 Å². The van der Waals surface area contributed by atoms with Gasteiger partial charge in [0.1, 0.15) is 0 Å². The maximum atomic E-state index is 9.10. The van der Waals surface area contributed by atoms with Gasteiger partial charge in [-0.1, -0.05) is 25.1 Å². The number of carbonyl (C=O) groups is 4. The molecule has 168 valence electrons. The molecule has 0 aromatic heterocycles. The van der Waals surface area contributed by atoms with Crippen LogP contribution in [0, 0.1) is 0 Å². The van der Waals surface area contributed by atoms with Crippen LogP contribution in [0.1, 0.15) is 13.8 Å². The number of aliphatic carboxylic acids is 4. The van der Waals surface area contributed by atoms with Gasteiger partial charge < -0.3 is 30.6 Å². The Morgan fingerprint density at radius 3 is 1.60 bits per heavy atom. The number of rotatable bonds is 5. The summed E-state index contributed by atoms with van der Waals surface area (Å²) in [7, 11) is 0. The normalized spacial score (nSPS) is 14.7. The Bertz CT molecular complexity index is 628. The molecule has 1 unspecified atom stereocenters. The minimum Gasteiger partial charge on any atom is -0.473 e. The van der Waals surface area contributed by atoms with E-state index in [0.29, 0.717) is 6.04 Å². The second kappa shape index (κ2) is 14.8. The second-order valence-corrected chi connectivity index (χ2v) is 6.37. The first kappa shape index (κ1) is 26.8. The summed E-state index contributed by atoms with van der Waals surface area (Å²) in [6.07, 6.45) is 0. The molecule has 0 bridgehead atoms. The maximum Gasteiger partial charge on any atom is 0.414 e. The summed E-state index contributed by atoms with van der Waals surface area (Å²) in [6, 6.07) is 11.0. The van der Waals surface area contributed by atoms with Gasteiger partial charge in [-0.3, -0.25) is 4.90 Å². The molecule has 0 aliphatic carbocycles. The number of benzene rings is 1. The molecule has 11 nitrogen and oxygen atoms in total. The van der Waals surface area contributed by atoms with Crippen LogP contribution in [0.3, 0.4) is 0 Å². The predicted molar refractivity (Wildman–Crippen MR) is 109 cm³/mol. The zero-order valence-corrected chi connectivity index (χ0v) is 17.0. The molecule has 1 aliphatic rings. The molecule has 0 saturated carbocycles. The van der Waals surface area contributed by atoms with E-state index in [1.807, 2.05) is 0 Å². The smallest absolute Gasteiger partial charge is 0.414 e. The van der Waals surface area contributed by atoms with Gasteiger partial charge in [-0.15, -0.1) is 0 Å². The van der Waals surface area contributed by atoms with E-state index in [0.717, 1.165) is 6.54 Å². The number of hydrogen-bond acceptors (Lipinski definition) is 7. The third-order valence-electron chi connectivity index (χ3n) is 4.00. The lowest BCUT2D eigenvalue weighted by Crippen LogP contribution is -2.48. The third kappa shape index (κ3) is 13.1. The summed E-state index contributed by atoms with van der Waals surface area (Å²) >= 11 is 0. The zero-order valence-electron chi connectivity index (χ0n) is 17.0. The van der Waals surface area contributed by atoms with Crippen molar-refractivity contribution < 1.29 is 39.6 Å². The Balaban J connectivity index is 0.000000580. The summed E-state index contributed by atoms with van der Waals surface area (Å²) in [6.45, 7) is 11.7. The lowest BCUT2D eigenvalue weighted by Gasteiger charge is -2.35. The highest BCUT2D eigenvalue weighted by atomic mass is 16.4. The average molecular weight is 427 g/mol. The van der Waals surface area contributed by atoms with Gasteiger partial charge in [0.25, 0.3) is 0 Å². The minimum absolute atomic E-state index is 0.501. The lowest BCUT2D eigenvalue weighted by molar-refractivity contribution is -0.159. The van der Waals surface area contributed by atoms with Crippen molar-refractivity contribution in [1.29, 1.82) is 0 Å². The molecule has 1 fully saturated rings. The van der Waals surface area contributed by atoms with E-state index in [9.17, 15) is 0 Å². The largest absolute Gasteiger partial charge is 0.473 e. The Morgan fingerprint density at radius 1 is 0.833 bits per heavy atom. The van der Waals surface area contributed by atoms with E-state index in [4.69, 9.17) is 39.6 Å². The van der Waals surface area contributed by atoms with E-state index in [1.165, 1.54) is 38.4 Å². The summed E-state index contributed by atoms with van der Waals surface area (Å²) in [5, 5.41) is 33.1. The molecule has 1 aromatic carbocycles. The van der Waals surface area contributed by atoms with Gasteiger partial charge in [-0.2, -0.15) is 0 Å². The summed E-state index contributed by atoms with van der Waals surface area (Å²) in [4.78, 5) is 41.5. The van der Waals surface area contributed by atoms with Gasteiger partial charge in [0.15, 0.2) is 0 Å². The van der Waals surface area contributed by atoms with Crippen LogP contribution >= 0.6 is 0 Å². The molecular weight excluding hydrogens is 398 g/mol. The van der Waals surface area contributed by atoms with Crippen molar-refractivity contribution >= 4 is 29.6 Å². The number of carboxylic acid groups (broad SMARTS) is 4. The molecular formula is C19H29N3O8. The van der Waals surface area contributed by atoms with Crippen molar-refractivity contribution in [3.63, 3.8) is 0 Å². The van der Waals surface area contributed by atoms with Crippen LogP contribution in [0.15, 0.2) is 30.3 Å². The fourth-order valence-corrected chi connectivity index (χ4v) is 2.54. The number of nitrogens with zero attached hydrogens (tertiary/aromatic N) is 2. The Kier molecular flexibility index (Phi) is 13.2. The first-order valence-electron chi connectivity index (χ1n) is 9.25. The molecule has 1 atom stereocenters.